The lowest BCUT2D eigenvalue weighted by Gasteiger charge is -2.34. The summed E-state index contributed by atoms with van der Waals surface area (Å²) in [5.74, 6) is 0. The SMILES string of the molecule is c1ccc(C[C@H]2OC3(CCNCC3)c3cnccc32)cc1. The van der Waals surface area contributed by atoms with Crippen LogP contribution in [0, 0.1) is 0 Å². The maximum absolute atomic E-state index is 6.58. The summed E-state index contributed by atoms with van der Waals surface area (Å²) in [6, 6.07) is 12.7. The van der Waals surface area contributed by atoms with Crippen molar-refractivity contribution in [1.29, 1.82) is 0 Å². The summed E-state index contributed by atoms with van der Waals surface area (Å²) in [5, 5.41) is 3.43. The zero-order valence-corrected chi connectivity index (χ0v) is 12.1. The molecule has 3 nitrogen and oxygen atoms in total. The number of nitrogens with zero attached hydrogens (tertiary/aromatic N) is 1. The number of ether oxygens (including phenoxy) is 1. The molecular weight excluding hydrogens is 260 g/mol. The molecule has 1 saturated heterocycles. The number of nitrogens with one attached hydrogen (secondary N) is 1. The molecule has 1 atom stereocenters. The molecule has 1 N–H and O–H groups in total. The molecule has 2 aromatic rings. The number of rotatable bonds is 2. The highest BCUT2D eigenvalue weighted by Crippen LogP contribution is 2.48. The summed E-state index contributed by atoms with van der Waals surface area (Å²) in [7, 11) is 0. The molecule has 4 rings (SSSR count). The van der Waals surface area contributed by atoms with Gasteiger partial charge in [-0.1, -0.05) is 30.3 Å². The van der Waals surface area contributed by atoms with E-state index in [-0.39, 0.29) is 11.7 Å². The van der Waals surface area contributed by atoms with Crippen LogP contribution in [-0.2, 0) is 16.8 Å². The first kappa shape index (κ1) is 13.0. The summed E-state index contributed by atoms with van der Waals surface area (Å²) >= 11 is 0. The quantitative estimate of drug-likeness (QED) is 0.918. The Bertz CT molecular complexity index is 620. The van der Waals surface area contributed by atoms with E-state index in [0.717, 1.165) is 32.4 Å². The van der Waals surface area contributed by atoms with E-state index in [2.05, 4.69) is 46.7 Å². The molecule has 1 spiro atoms. The molecule has 2 aliphatic rings. The monoisotopic (exact) mass is 280 g/mol. The minimum absolute atomic E-state index is 0.117. The molecule has 1 aromatic carbocycles. The van der Waals surface area contributed by atoms with Crippen LogP contribution in [0.5, 0.6) is 0 Å². The van der Waals surface area contributed by atoms with Crippen molar-refractivity contribution >= 4 is 0 Å². The lowest BCUT2D eigenvalue weighted by atomic mass is 9.85. The summed E-state index contributed by atoms with van der Waals surface area (Å²) in [6.45, 7) is 2.04. The van der Waals surface area contributed by atoms with Crippen molar-refractivity contribution in [2.45, 2.75) is 31.0 Å². The van der Waals surface area contributed by atoms with Gasteiger partial charge in [0.2, 0.25) is 0 Å². The van der Waals surface area contributed by atoms with Crippen LogP contribution in [0.3, 0.4) is 0 Å². The second-order valence-electron chi connectivity index (χ2n) is 6.00. The average Bonchev–Trinajstić information content (AvgIpc) is 2.83. The van der Waals surface area contributed by atoms with Gasteiger partial charge in [0.25, 0.3) is 0 Å². The van der Waals surface area contributed by atoms with Gasteiger partial charge in [-0.05, 0) is 43.1 Å². The average molecular weight is 280 g/mol. The van der Waals surface area contributed by atoms with E-state index in [1.807, 2.05) is 12.4 Å². The molecule has 0 radical (unpaired) electrons. The summed E-state index contributed by atoms with van der Waals surface area (Å²) in [5.41, 5.74) is 3.85. The van der Waals surface area contributed by atoms with Gasteiger partial charge in [-0.3, -0.25) is 4.98 Å². The Labute approximate surface area is 125 Å². The Morgan fingerprint density at radius 2 is 1.95 bits per heavy atom. The molecule has 0 unspecified atom stereocenters. The smallest absolute Gasteiger partial charge is 0.0982 e. The van der Waals surface area contributed by atoms with E-state index < -0.39 is 0 Å². The predicted octanol–water partition coefficient (Wildman–Crippen LogP) is 2.97. The highest BCUT2D eigenvalue weighted by molar-refractivity contribution is 5.37. The summed E-state index contributed by atoms with van der Waals surface area (Å²) in [4.78, 5) is 4.35. The van der Waals surface area contributed by atoms with Gasteiger partial charge < -0.3 is 10.1 Å². The molecular formula is C18H20N2O. The van der Waals surface area contributed by atoms with Gasteiger partial charge >= 0.3 is 0 Å². The molecule has 1 aromatic heterocycles. The van der Waals surface area contributed by atoms with Crippen LogP contribution in [0.2, 0.25) is 0 Å². The maximum Gasteiger partial charge on any atom is 0.0982 e. The second kappa shape index (κ2) is 5.24. The van der Waals surface area contributed by atoms with Gasteiger partial charge in [0.1, 0.15) is 0 Å². The predicted molar refractivity (Wildman–Crippen MR) is 82.0 cm³/mol. The van der Waals surface area contributed by atoms with Gasteiger partial charge in [0.05, 0.1) is 11.7 Å². The fraction of sp³-hybridized carbons (Fsp3) is 0.389. The zero-order valence-electron chi connectivity index (χ0n) is 12.1. The van der Waals surface area contributed by atoms with E-state index in [9.17, 15) is 0 Å². The third kappa shape index (κ3) is 2.27. The number of aromatic nitrogens is 1. The van der Waals surface area contributed by atoms with Crippen molar-refractivity contribution in [3.8, 4) is 0 Å². The largest absolute Gasteiger partial charge is 0.362 e. The van der Waals surface area contributed by atoms with E-state index in [1.54, 1.807) is 0 Å². The van der Waals surface area contributed by atoms with Gasteiger partial charge in [-0.25, -0.2) is 0 Å². The maximum atomic E-state index is 6.58. The Balaban J connectivity index is 1.68. The highest BCUT2D eigenvalue weighted by Gasteiger charge is 2.45. The fourth-order valence-corrected chi connectivity index (χ4v) is 3.66. The van der Waals surface area contributed by atoms with Crippen LogP contribution >= 0.6 is 0 Å². The molecule has 1 fully saturated rings. The topological polar surface area (TPSA) is 34.1 Å². The summed E-state index contributed by atoms with van der Waals surface area (Å²) < 4.78 is 6.58. The third-order valence-electron chi connectivity index (χ3n) is 4.74. The van der Waals surface area contributed by atoms with Crippen molar-refractivity contribution in [3.63, 3.8) is 0 Å². The Hall–Kier alpha value is -1.71. The standard InChI is InChI=1S/C18H20N2O/c1-2-4-14(5-3-1)12-17-15-6-9-20-13-16(15)18(21-17)7-10-19-11-8-18/h1-6,9,13,17,19H,7-8,10-12H2/t17-/m1/s1. The third-order valence-corrected chi connectivity index (χ3v) is 4.74. The second-order valence-corrected chi connectivity index (χ2v) is 6.00. The Kier molecular flexibility index (Phi) is 3.24. The van der Waals surface area contributed by atoms with E-state index in [0.29, 0.717) is 0 Å². The normalized spacial score (nSPS) is 23.1. The number of benzene rings is 1. The number of fused-ring (bicyclic) bond motifs is 2. The van der Waals surface area contributed by atoms with Crippen LogP contribution in [0.25, 0.3) is 0 Å². The number of piperidine rings is 1. The minimum atomic E-state index is -0.117. The van der Waals surface area contributed by atoms with Crippen molar-refractivity contribution in [1.82, 2.24) is 10.3 Å². The fourth-order valence-electron chi connectivity index (χ4n) is 3.66. The first-order valence-corrected chi connectivity index (χ1v) is 7.74. The van der Waals surface area contributed by atoms with Crippen LogP contribution < -0.4 is 5.32 Å². The van der Waals surface area contributed by atoms with Crippen LogP contribution in [0.4, 0.5) is 0 Å². The van der Waals surface area contributed by atoms with Crippen molar-refractivity contribution in [2.24, 2.45) is 0 Å². The van der Waals surface area contributed by atoms with Crippen molar-refractivity contribution in [2.75, 3.05) is 13.1 Å². The molecule has 0 aliphatic carbocycles. The van der Waals surface area contributed by atoms with E-state index in [1.165, 1.54) is 16.7 Å². The number of hydrogen-bond acceptors (Lipinski definition) is 3. The van der Waals surface area contributed by atoms with Crippen LogP contribution in [-0.4, -0.2) is 18.1 Å². The highest BCUT2D eigenvalue weighted by atomic mass is 16.5. The van der Waals surface area contributed by atoms with Crippen molar-refractivity contribution in [3.05, 3.63) is 65.5 Å². The lowest BCUT2D eigenvalue weighted by molar-refractivity contribution is -0.0939. The van der Waals surface area contributed by atoms with Crippen LogP contribution in [0.1, 0.15) is 35.6 Å². The zero-order chi connectivity index (χ0) is 14.1. The van der Waals surface area contributed by atoms with Gasteiger partial charge in [0.15, 0.2) is 0 Å². The molecule has 0 saturated carbocycles. The molecule has 108 valence electrons. The van der Waals surface area contributed by atoms with Crippen LogP contribution in [0.15, 0.2) is 48.8 Å². The lowest BCUT2D eigenvalue weighted by Crippen LogP contribution is -2.39. The van der Waals surface area contributed by atoms with E-state index in [4.69, 9.17) is 4.74 Å². The molecule has 3 heteroatoms. The molecule has 3 heterocycles. The van der Waals surface area contributed by atoms with Crippen molar-refractivity contribution < 1.29 is 4.74 Å². The Morgan fingerprint density at radius 3 is 2.76 bits per heavy atom. The molecule has 2 aliphatic heterocycles. The van der Waals surface area contributed by atoms with E-state index >= 15 is 0 Å². The van der Waals surface area contributed by atoms with Gasteiger partial charge in [-0.15, -0.1) is 0 Å². The minimum Gasteiger partial charge on any atom is -0.362 e. The van der Waals surface area contributed by atoms with Gasteiger partial charge in [0, 0.05) is 24.4 Å². The first-order chi connectivity index (χ1) is 10.4. The van der Waals surface area contributed by atoms with Gasteiger partial charge in [-0.2, -0.15) is 0 Å². The summed E-state index contributed by atoms with van der Waals surface area (Å²) in [6.07, 6.45) is 7.08. The molecule has 0 amide bonds. The molecule has 0 bridgehead atoms. The first-order valence-electron chi connectivity index (χ1n) is 7.74. The number of pyridine rings is 1. The Morgan fingerprint density at radius 1 is 1.14 bits per heavy atom. The molecule has 21 heavy (non-hydrogen) atoms. The number of hydrogen-bond donors (Lipinski definition) is 1.